The summed E-state index contributed by atoms with van der Waals surface area (Å²) in [7, 11) is -3.90. The van der Waals surface area contributed by atoms with Crippen molar-refractivity contribution in [3.63, 3.8) is 0 Å². The molecule has 0 saturated carbocycles. The van der Waals surface area contributed by atoms with Gasteiger partial charge >= 0.3 is 0 Å². The number of nitro benzene ring substituents is 2. The van der Waals surface area contributed by atoms with Gasteiger partial charge in [0.05, 0.1) is 20.6 Å². The zero-order valence-electron chi connectivity index (χ0n) is 22.5. The molecule has 2 aliphatic heterocycles. The lowest BCUT2D eigenvalue weighted by atomic mass is 10.2. The molecule has 0 aromatic heterocycles. The van der Waals surface area contributed by atoms with Crippen molar-refractivity contribution in [3.05, 3.63) is 61.6 Å². The number of nitrogens with zero attached hydrogens (tertiary/aromatic N) is 5. The van der Waals surface area contributed by atoms with Gasteiger partial charge in [-0.15, -0.1) is 0 Å². The van der Waals surface area contributed by atoms with Crippen molar-refractivity contribution < 1.29 is 26.7 Å². The van der Waals surface area contributed by atoms with E-state index in [2.05, 4.69) is 22.2 Å². The van der Waals surface area contributed by atoms with E-state index in [4.69, 9.17) is 21.9 Å². The van der Waals surface area contributed by atoms with Crippen LogP contribution in [0.1, 0.15) is 0 Å². The fourth-order valence-electron chi connectivity index (χ4n) is 3.75. The normalized spacial score (nSPS) is 16.6. The van der Waals surface area contributed by atoms with Crippen LogP contribution in [0.3, 0.4) is 0 Å². The Kier molecular flexibility index (Phi) is 12.3. The smallest absolute Gasteiger partial charge is 0.270 e. The molecule has 19 heteroatoms. The van der Waals surface area contributed by atoms with Crippen LogP contribution in [0.15, 0.2) is 46.2 Å². The number of non-ortho nitro benzene ring substituents is 2. The number of anilines is 1. The maximum Gasteiger partial charge on any atom is 0.270 e. The van der Waals surface area contributed by atoms with E-state index in [0.717, 1.165) is 50.4 Å². The van der Waals surface area contributed by atoms with Gasteiger partial charge in [-0.2, -0.15) is 0 Å². The molecule has 2 aliphatic rings. The van der Waals surface area contributed by atoms with Crippen molar-refractivity contribution in [1.82, 2.24) is 15.1 Å². The summed E-state index contributed by atoms with van der Waals surface area (Å²) < 4.78 is 45.1. The minimum atomic E-state index is -4.03. The third kappa shape index (κ3) is 10.7. The number of nitrogens with two attached hydrogens (primary N) is 2. The summed E-state index contributed by atoms with van der Waals surface area (Å²) in [4.78, 5) is 25.4. The molecule has 4 rings (SSSR count). The van der Waals surface area contributed by atoms with Crippen LogP contribution in [0.4, 0.5) is 17.1 Å². The second kappa shape index (κ2) is 14.8. The van der Waals surface area contributed by atoms with Crippen molar-refractivity contribution in [2.45, 2.75) is 9.79 Å². The summed E-state index contributed by atoms with van der Waals surface area (Å²) in [5.41, 5.74) is -0.239. The number of nitro groups is 2. The first-order chi connectivity index (χ1) is 19.0. The molecule has 0 unspecified atom stereocenters. The summed E-state index contributed by atoms with van der Waals surface area (Å²) in [6, 6.07) is 6.78. The van der Waals surface area contributed by atoms with E-state index in [1.807, 2.05) is 11.9 Å². The van der Waals surface area contributed by atoms with Crippen molar-refractivity contribution in [1.29, 1.82) is 0 Å². The van der Waals surface area contributed by atoms with Crippen molar-refractivity contribution in [2.75, 3.05) is 71.4 Å². The Balaban J connectivity index is 0.000000241. The highest BCUT2D eigenvalue weighted by atomic mass is 35.5. The largest absolute Gasteiger partial charge is 0.368 e. The van der Waals surface area contributed by atoms with E-state index in [0.29, 0.717) is 18.8 Å². The highest BCUT2D eigenvalue weighted by molar-refractivity contribution is 7.89. The van der Waals surface area contributed by atoms with Crippen LogP contribution in [0.2, 0.25) is 5.02 Å². The van der Waals surface area contributed by atoms with Crippen molar-refractivity contribution in [2.24, 2.45) is 10.3 Å². The summed E-state index contributed by atoms with van der Waals surface area (Å²) in [5, 5.41) is 34.2. The number of likely N-dealkylation sites (N-methyl/N-ethyl adjacent to an activating group) is 2. The minimum absolute atomic E-state index is 0.141. The second-order valence-corrected chi connectivity index (χ2v) is 12.7. The average molecular weight is 637 g/mol. The number of rotatable bonds is 5. The van der Waals surface area contributed by atoms with Crippen LogP contribution in [-0.2, 0) is 20.0 Å². The molecule has 16 nitrogen and oxygen atoms in total. The number of primary sulfonamides is 2. The summed E-state index contributed by atoms with van der Waals surface area (Å²) in [6.07, 6.45) is 0. The first kappa shape index (κ1) is 34.2. The van der Waals surface area contributed by atoms with Crippen LogP contribution in [0.5, 0.6) is 0 Å². The van der Waals surface area contributed by atoms with Gasteiger partial charge in [0.25, 0.3) is 11.4 Å². The third-order valence-electron chi connectivity index (χ3n) is 6.08. The van der Waals surface area contributed by atoms with Gasteiger partial charge in [0, 0.05) is 76.6 Å². The number of sulfonamides is 2. The molecule has 5 N–H and O–H groups in total. The molecule has 2 fully saturated rings. The number of piperazine rings is 2. The number of halogens is 1. The quantitative estimate of drug-likeness (QED) is 0.299. The van der Waals surface area contributed by atoms with Gasteiger partial charge in [-0.1, -0.05) is 11.6 Å². The molecule has 0 radical (unpaired) electrons. The lowest BCUT2D eigenvalue weighted by Gasteiger charge is -2.34. The molecule has 2 saturated heterocycles. The highest BCUT2D eigenvalue weighted by Gasteiger charge is 2.24. The van der Waals surface area contributed by atoms with E-state index in [1.165, 1.54) is 25.2 Å². The van der Waals surface area contributed by atoms with Crippen LogP contribution in [0.25, 0.3) is 0 Å². The van der Waals surface area contributed by atoms with E-state index in [-0.39, 0.29) is 21.3 Å². The predicted molar refractivity (Wildman–Crippen MR) is 154 cm³/mol. The molecule has 2 heterocycles. The van der Waals surface area contributed by atoms with Crippen LogP contribution >= 0.6 is 11.6 Å². The van der Waals surface area contributed by atoms with Crippen molar-refractivity contribution in [3.8, 4) is 0 Å². The molecule has 41 heavy (non-hydrogen) atoms. The summed E-state index contributed by atoms with van der Waals surface area (Å²) in [6.45, 7) is 7.63. The Hall–Kier alpha value is -2.97. The monoisotopic (exact) mass is 636 g/mol. The molecule has 0 spiro atoms. The van der Waals surface area contributed by atoms with Gasteiger partial charge < -0.3 is 20.0 Å². The Bertz CT molecular complexity index is 1450. The number of benzene rings is 2. The number of hydrogen-bond donors (Lipinski definition) is 3. The second-order valence-electron chi connectivity index (χ2n) is 9.21. The topological polar surface area (TPSA) is 228 Å². The maximum absolute atomic E-state index is 11.7. The molecule has 0 atom stereocenters. The Labute approximate surface area is 243 Å². The van der Waals surface area contributed by atoms with E-state index in [9.17, 15) is 37.1 Å². The highest BCUT2D eigenvalue weighted by Crippen LogP contribution is 2.29. The van der Waals surface area contributed by atoms with Gasteiger partial charge in [0.1, 0.15) is 9.79 Å². The van der Waals surface area contributed by atoms with Gasteiger partial charge in [-0.05, 0) is 26.2 Å². The van der Waals surface area contributed by atoms with E-state index >= 15 is 0 Å². The summed E-state index contributed by atoms with van der Waals surface area (Å²) >= 11 is 5.50. The fraction of sp³-hybridized carbons (Fsp3) is 0.455. The number of hydrogen-bond acceptors (Lipinski definition) is 12. The average Bonchev–Trinajstić information content (AvgIpc) is 2.89. The first-order valence-corrected chi connectivity index (χ1v) is 15.6. The molecular weight excluding hydrogens is 604 g/mol. The van der Waals surface area contributed by atoms with Gasteiger partial charge in [-0.3, -0.25) is 20.2 Å². The standard InChI is InChI=1S/C11H16N4O4S.C6H5ClN2O4S.C5H12N2/c1-13-4-6-14(7-5-13)10-3-2-9(15(16)17)8-11(10)20(12,18)19;7-5-2-1-4(9(10)11)3-6(5)14(8,12)13;1-7-4-2-6-3-5-7/h2-3,8H,4-7H2,1H3,(H2,12,18,19);1-3H,(H2,8,12,13);6H,2-5H2,1H3. The minimum Gasteiger partial charge on any atom is -0.368 e. The van der Waals surface area contributed by atoms with Crippen LogP contribution in [-0.4, -0.2) is 103 Å². The summed E-state index contributed by atoms with van der Waals surface area (Å²) in [5.74, 6) is 0. The SMILES string of the molecule is CN1CCN(c2ccc([N+](=O)[O-])cc2S(N)(=O)=O)CC1.CN1CCNCC1.NS(=O)(=O)c1cc([N+](=O)[O-])ccc1Cl. The first-order valence-electron chi connectivity index (χ1n) is 12.1. The van der Waals surface area contributed by atoms with E-state index < -0.39 is 34.8 Å². The van der Waals surface area contributed by atoms with Crippen molar-refractivity contribution >= 4 is 48.7 Å². The molecule has 0 aliphatic carbocycles. The zero-order valence-corrected chi connectivity index (χ0v) is 24.9. The van der Waals surface area contributed by atoms with Gasteiger partial charge in [0.15, 0.2) is 0 Å². The van der Waals surface area contributed by atoms with Gasteiger partial charge in [0.2, 0.25) is 20.0 Å². The van der Waals surface area contributed by atoms with Crippen LogP contribution in [0, 0.1) is 20.2 Å². The Morgan fingerprint density at radius 1 is 0.756 bits per heavy atom. The molecule has 2 aromatic rings. The molecule has 0 bridgehead atoms. The fourth-order valence-corrected chi connectivity index (χ4v) is 5.59. The number of nitrogens with one attached hydrogen (secondary N) is 1. The third-order valence-corrected chi connectivity index (χ3v) is 8.41. The Morgan fingerprint density at radius 2 is 1.20 bits per heavy atom. The maximum atomic E-state index is 11.7. The lowest BCUT2D eigenvalue weighted by Crippen LogP contribution is -2.45. The predicted octanol–water partition coefficient (Wildman–Crippen LogP) is 0.411. The zero-order chi connectivity index (χ0) is 31.0. The van der Waals surface area contributed by atoms with Gasteiger partial charge in [-0.25, -0.2) is 27.1 Å². The molecule has 228 valence electrons. The Morgan fingerprint density at radius 3 is 1.61 bits per heavy atom. The molecular formula is C22H33ClN8O8S2. The van der Waals surface area contributed by atoms with Crippen LogP contribution < -0.4 is 20.5 Å². The lowest BCUT2D eigenvalue weighted by molar-refractivity contribution is -0.385. The molecule has 2 aromatic carbocycles. The van der Waals surface area contributed by atoms with E-state index in [1.54, 1.807) is 0 Å². The molecule has 0 amide bonds.